The summed E-state index contributed by atoms with van der Waals surface area (Å²) in [5.74, 6) is -0.939. The predicted octanol–water partition coefficient (Wildman–Crippen LogP) is 19.3. The monoisotopic (exact) mass is 969 g/mol. The van der Waals surface area contributed by atoms with Crippen LogP contribution < -0.4 is 0 Å². The maximum Gasteiger partial charge on any atom is 0.306 e. The van der Waals surface area contributed by atoms with Gasteiger partial charge >= 0.3 is 17.9 Å². The van der Waals surface area contributed by atoms with Gasteiger partial charge in [0.05, 0.1) is 0 Å². The Labute approximate surface area is 431 Å². The molecular formula is C64H104O6. The molecule has 0 rings (SSSR count). The zero-order chi connectivity index (χ0) is 50.7. The SMILES string of the molecule is CC/C=C\C/C=C\C/C=C\C/C=C\C/C=C\C/C=C\C/C=C\C/C=C\CCCCCCC(=O)OCC(COC(=O)CCCCCCCC)OC(=O)CCCCCCCCC/C=C\C/C=C\CCCCC. The van der Waals surface area contributed by atoms with Crippen molar-refractivity contribution in [3.8, 4) is 0 Å². The Bertz CT molecular complexity index is 1490. The molecule has 0 aliphatic carbocycles. The topological polar surface area (TPSA) is 78.9 Å². The molecule has 6 nitrogen and oxygen atoms in total. The van der Waals surface area contributed by atoms with E-state index in [1.54, 1.807) is 0 Å². The number of esters is 3. The van der Waals surface area contributed by atoms with Crippen LogP contribution in [0, 0.1) is 0 Å². The largest absolute Gasteiger partial charge is 0.462 e. The molecule has 0 aromatic rings. The van der Waals surface area contributed by atoms with E-state index >= 15 is 0 Å². The van der Waals surface area contributed by atoms with Crippen LogP contribution in [-0.4, -0.2) is 37.2 Å². The third kappa shape index (κ3) is 54.7. The fourth-order valence-corrected chi connectivity index (χ4v) is 7.43. The van der Waals surface area contributed by atoms with Gasteiger partial charge in [-0.3, -0.25) is 14.4 Å². The molecule has 0 aliphatic heterocycles. The molecule has 0 fully saturated rings. The molecule has 0 aromatic heterocycles. The lowest BCUT2D eigenvalue weighted by Gasteiger charge is -2.18. The summed E-state index contributed by atoms with van der Waals surface area (Å²) in [4.78, 5) is 37.9. The minimum Gasteiger partial charge on any atom is -0.462 e. The average Bonchev–Trinajstić information content (AvgIpc) is 3.36. The molecule has 0 aliphatic rings. The number of unbranched alkanes of at least 4 members (excludes halogenated alkanes) is 19. The van der Waals surface area contributed by atoms with Crippen molar-refractivity contribution >= 4 is 17.9 Å². The number of hydrogen-bond acceptors (Lipinski definition) is 6. The van der Waals surface area contributed by atoms with E-state index in [-0.39, 0.29) is 31.1 Å². The van der Waals surface area contributed by atoms with Crippen LogP contribution in [0.15, 0.2) is 122 Å². The molecule has 0 N–H and O–H groups in total. The third-order valence-corrected chi connectivity index (χ3v) is 11.7. The molecule has 0 amide bonds. The molecule has 0 bridgehead atoms. The van der Waals surface area contributed by atoms with Crippen LogP contribution in [0.5, 0.6) is 0 Å². The molecule has 0 aromatic carbocycles. The highest BCUT2D eigenvalue weighted by molar-refractivity contribution is 5.71. The van der Waals surface area contributed by atoms with E-state index in [2.05, 4.69) is 142 Å². The first-order chi connectivity index (χ1) is 34.5. The summed E-state index contributed by atoms with van der Waals surface area (Å²) in [7, 11) is 0. The van der Waals surface area contributed by atoms with Gasteiger partial charge < -0.3 is 14.2 Å². The first kappa shape index (κ1) is 65.8. The number of carbonyl (C=O) groups is 3. The van der Waals surface area contributed by atoms with Gasteiger partial charge in [0.25, 0.3) is 0 Å². The fraction of sp³-hybridized carbons (Fsp3) is 0.641. The van der Waals surface area contributed by atoms with E-state index in [1.165, 1.54) is 70.6 Å². The van der Waals surface area contributed by atoms with Gasteiger partial charge in [0, 0.05) is 19.3 Å². The van der Waals surface area contributed by atoms with Crippen LogP contribution in [0.1, 0.15) is 245 Å². The number of ether oxygens (including phenoxy) is 3. The van der Waals surface area contributed by atoms with E-state index in [4.69, 9.17) is 14.2 Å². The van der Waals surface area contributed by atoms with E-state index in [0.29, 0.717) is 19.3 Å². The first-order valence-corrected chi connectivity index (χ1v) is 28.5. The molecule has 6 heteroatoms. The Hall–Kier alpha value is -4.19. The van der Waals surface area contributed by atoms with Gasteiger partial charge in [-0.15, -0.1) is 0 Å². The van der Waals surface area contributed by atoms with Crippen molar-refractivity contribution in [3.05, 3.63) is 122 Å². The molecule has 1 atom stereocenters. The smallest absolute Gasteiger partial charge is 0.306 e. The lowest BCUT2D eigenvalue weighted by molar-refractivity contribution is -0.167. The highest BCUT2D eigenvalue weighted by Crippen LogP contribution is 2.13. The van der Waals surface area contributed by atoms with Gasteiger partial charge in [0.2, 0.25) is 0 Å². The van der Waals surface area contributed by atoms with Crippen molar-refractivity contribution in [2.75, 3.05) is 13.2 Å². The summed E-state index contributed by atoms with van der Waals surface area (Å²) in [6.07, 6.45) is 79.3. The lowest BCUT2D eigenvalue weighted by Crippen LogP contribution is -2.30. The Morgan fingerprint density at radius 2 is 0.557 bits per heavy atom. The molecule has 0 spiro atoms. The Morgan fingerprint density at radius 1 is 0.300 bits per heavy atom. The Kier molecular flexibility index (Phi) is 54.0. The van der Waals surface area contributed by atoms with Crippen molar-refractivity contribution in [1.29, 1.82) is 0 Å². The number of allylic oxidation sites excluding steroid dienone is 20. The van der Waals surface area contributed by atoms with Crippen LogP contribution in [0.2, 0.25) is 0 Å². The fourth-order valence-electron chi connectivity index (χ4n) is 7.43. The van der Waals surface area contributed by atoms with Crippen molar-refractivity contribution < 1.29 is 28.6 Å². The van der Waals surface area contributed by atoms with Crippen LogP contribution >= 0.6 is 0 Å². The second-order valence-electron chi connectivity index (χ2n) is 18.5. The second-order valence-corrected chi connectivity index (χ2v) is 18.5. The molecule has 0 heterocycles. The van der Waals surface area contributed by atoms with Crippen LogP contribution in [-0.2, 0) is 28.6 Å². The minimum absolute atomic E-state index is 0.0919. The summed E-state index contributed by atoms with van der Waals surface area (Å²) in [6, 6.07) is 0. The van der Waals surface area contributed by atoms with E-state index in [1.807, 2.05) is 0 Å². The molecule has 0 radical (unpaired) electrons. The van der Waals surface area contributed by atoms with Gasteiger partial charge in [0.1, 0.15) is 13.2 Å². The zero-order valence-corrected chi connectivity index (χ0v) is 45.2. The highest BCUT2D eigenvalue weighted by atomic mass is 16.6. The normalized spacial score (nSPS) is 13.0. The second kappa shape index (κ2) is 57.4. The van der Waals surface area contributed by atoms with Crippen LogP contribution in [0.25, 0.3) is 0 Å². The lowest BCUT2D eigenvalue weighted by atomic mass is 10.1. The maximum absolute atomic E-state index is 12.8. The van der Waals surface area contributed by atoms with Crippen LogP contribution in [0.4, 0.5) is 0 Å². The molecular weight excluding hydrogens is 865 g/mol. The van der Waals surface area contributed by atoms with Crippen molar-refractivity contribution in [2.45, 2.75) is 252 Å². The molecule has 0 saturated heterocycles. The predicted molar refractivity (Wildman–Crippen MR) is 302 cm³/mol. The molecule has 0 saturated carbocycles. The van der Waals surface area contributed by atoms with Crippen LogP contribution in [0.3, 0.4) is 0 Å². The quantitative estimate of drug-likeness (QED) is 0.0262. The summed E-state index contributed by atoms with van der Waals surface area (Å²) < 4.78 is 16.7. The van der Waals surface area contributed by atoms with E-state index < -0.39 is 6.10 Å². The van der Waals surface area contributed by atoms with Crippen molar-refractivity contribution in [1.82, 2.24) is 0 Å². The summed E-state index contributed by atoms with van der Waals surface area (Å²) in [5, 5.41) is 0. The minimum atomic E-state index is -0.792. The van der Waals surface area contributed by atoms with Gasteiger partial charge in [-0.2, -0.15) is 0 Å². The summed E-state index contributed by atoms with van der Waals surface area (Å²) in [5.41, 5.74) is 0. The highest BCUT2D eigenvalue weighted by Gasteiger charge is 2.19. The number of rotatable bonds is 50. The zero-order valence-electron chi connectivity index (χ0n) is 45.2. The molecule has 396 valence electrons. The van der Waals surface area contributed by atoms with Crippen molar-refractivity contribution in [2.24, 2.45) is 0 Å². The van der Waals surface area contributed by atoms with E-state index in [9.17, 15) is 14.4 Å². The Morgan fingerprint density at radius 3 is 0.900 bits per heavy atom. The maximum atomic E-state index is 12.8. The molecule has 70 heavy (non-hydrogen) atoms. The van der Waals surface area contributed by atoms with Gasteiger partial charge in [-0.1, -0.05) is 232 Å². The molecule has 1 unspecified atom stereocenters. The summed E-state index contributed by atoms with van der Waals surface area (Å²) >= 11 is 0. The number of hydrogen-bond donors (Lipinski definition) is 0. The van der Waals surface area contributed by atoms with Gasteiger partial charge in [0.15, 0.2) is 6.10 Å². The van der Waals surface area contributed by atoms with Crippen molar-refractivity contribution in [3.63, 3.8) is 0 Å². The third-order valence-electron chi connectivity index (χ3n) is 11.7. The Balaban J connectivity index is 4.23. The average molecular weight is 970 g/mol. The standard InChI is InChI=1S/C64H104O6/c1-4-7-10-13-16-18-20-22-24-26-27-28-29-30-31-32-33-34-35-36-37-39-40-42-44-46-48-51-54-57-63(66)69-60-61(59-68-62(65)56-53-50-15-12-9-6-3)70-64(67)58-55-52-49-47-45-43-41-38-25-23-21-19-17-14-11-8-5-2/h7,10,16-19,22-25,27-28,30-31,33-34,36-37,40,42,61H,4-6,8-9,11-15,20-21,26,29,32,35,38-39,41,43-60H2,1-3H3/b10-7-,18-16-,19-17-,24-22-,25-23-,28-27-,31-30-,34-33-,37-36-,42-40-. The van der Waals surface area contributed by atoms with E-state index in [0.717, 1.165) is 135 Å². The van der Waals surface area contributed by atoms with Gasteiger partial charge in [-0.25, -0.2) is 0 Å². The number of carbonyl (C=O) groups excluding carboxylic acids is 3. The van der Waals surface area contributed by atoms with Gasteiger partial charge in [-0.05, 0) is 116 Å². The summed E-state index contributed by atoms with van der Waals surface area (Å²) in [6.45, 7) is 6.40. The first-order valence-electron chi connectivity index (χ1n) is 28.5.